The molecule has 1 aromatic carbocycles. The van der Waals surface area contributed by atoms with Gasteiger partial charge in [-0.1, -0.05) is 30.8 Å². The van der Waals surface area contributed by atoms with E-state index in [9.17, 15) is 0 Å². The summed E-state index contributed by atoms with van der Waals surface area (Å²) in [5, 5.41) is 5.81. The molecule has 2 aromatic heterocycles. The molecule has 0 amide bonds. The third kappa shape index (κ3) is 2.15. The number of hydrogen-bond donors (Lipinski definition) is 0. The van der Waals surface area contributed by atoms with Crippen LogP contribution in [0.3, 0.4) is 0 Å². The fraction of sp³-hybridized carbons (Fsp3) is 0.125. The standard InChI is InChI=1S/C16H15N3/c1-12(2)16-14-8-3-4-9-15(14)19(18-16)11-13-7-5-6-10-17-13/h3-10H,1,11H2,2H3. The Labute approximate surface area is 112 Å². The Morgan fingerprint density at radius 3 is 2.68 bits per heavy atom. The summed E-state index contributed by atoms with van der Waals surface area (Å²) < 4.78 is 1.99. The number of pyridine rings is 1. The first kappa shape index (κ1) is 11.7. The molecule has 94 valence electrons. The van der Waals surface area contributed by atoms with Crippen molar-refractivity contribution < 1.29 is 0 Å². The summed E-state index contributed by atoms with van der Waals surface area (Å²) in [6, 6.07) is 14.1. The van der Waals surface area contributed by atoms with Crippen LogP contribution < -0.4 is 0 Å². The molecule has 19 heavy (non-hydrogen) atoms. The van der Waals surface area contributed by atoms with Crippen molar-refractivity contribution in [2.24, 2.45) is 0 Å². The topological polar surface area (TPSA) is 30.7 Å². The van der Waals surface area contributed by atoms with E-state index in [0.717, 1.165) is 27.9 Å². The van der Waals surface area contributed by atoms with E-state index < -0.39 is 0 Å². The third-order valence-electron chi connectivity index (χ3n) is 3.10. The van der Waals surface area contributed by atoms with E-state index in [1.807, 2.05) is 41.9 Å². The second-order valence-corrected chi connectivity index (χ2v) is 4.62. The van der Waals surface area contributed by atoms with Gasteiger partial charge in [-0.05, 0) is 30.7 Å². The maximum Gasteiger partial charge on any atom is 0.0953 e. The lowest BCUT2D eigenvalue weighted by Gasteiger charge is -2.02. The second-order valence-electron chi connectivity index (χ2n) is 4.62. The average Bonchev–Trinajstić information content (AvgIpc) is 2.79. The van der Waals surface area contributed by atoms with E-state index in [-0.39, 0.29) is 0 Å². The van der Waals surface area contributed by atoms with E-state index in [4.69, 9.17) is 0 Å². The minimum absolute atomic E-state index is 0.675. The van der Waals surface area contributed by atoms with Crippen molar-refractivity contribution in [1.29, 1.82) is 0 Å². The number of hydrogen-bond acceptors (Lipinski definition) is 2. The molecule has 3 aromatic rings. The summed E-state index contributed by atoms with van der Waals surface area (Å²) in [5.74, 6) is 0. The van der Waals surface area contributed by atoms with Gasteiger partial charge in [0.2, 0.25) is 0 Å². The van der Waals surface area contributed by atoms with Gasteiger partial charge in [-0.25, -0.2) is 0 Å². The number of para-hydroxylation sites is 1. The van der Waals surface area contributed by atoms with Crippen LogP contribution in [-0.2, 0) is 6.54 Å². The van der Waals surface area contributed by atoms with E-state index in [2.05, 4.69) is 28.8 Å². The zero-order chi connectivity index (χ0) is 13.2. The Bertz CT molecular complexity index is 726. The summed E-state index contributed by atoms with van der Waals surface area (Å²) in [7, 11) is 0. The van der Waals surface area contributed by atoms with Crippen LogP contribution in [0.4, 0.5) is 0 Å². The smallest absolute Gasteiger partial charge is 0.0953 e. The molecule has 0 saturated heterocycles. The molecule has 3 nitrogen and oxygen atoms in total. The number of aromatic nitrogens is 3. The van der Waals surface area contributed by atoms with Crippen LogP contribution in [0.5, 0.6) is 0 Å². The van der Waals surface area contributed by atoms with E-state index in [1.165, 1.54) is 0 Å². The Kier molecular flexibility index (Phi) is 2.88. The molecule has 0 unspecified atom stereocenters. The monoisotopic (exact) mass is 249 g/mol. The quantitative estimate of drug-likeness (QED) is 0.711. The van der Waals surface area contributed by atoms with Crippen molar-refractivity contribution in [2.75, 3.05) is 0 Å². The Morgan fingerprint density at radius 2 is 1.95 bits per heavy atom. The molecule has 0 saturated carbocycles. The first-order valence-corrected chi connectivity index (χ1v) is 6.27. The first-order valence-electron chi connectivity index (χ1n) is 6.27. The minimum atomic E-state index is 0.675. The highest BCUT2D eigenvalue weighted by Crippen LogP contribution is 2.23. The molecule has 0 spiro atoms. The fourth-order valence-corrected chi connectivity index (χ4v) is 2.21. The van der Waals surface area contributed by atoms with Crippen LogP contribution in [0.15, 0.2) is 55.2 Å². The molecule has 0 aliphatic heterocycles. The lowest BCUT2D eigenvalue weighted by Crippen LogP contribution is -2.03. The molecule has 3 rings (SSSR count). The summed E-state index contributed by atoms with van der Waals surface area (Å²) in [5.41, 5.74) is 4.07. The highest BCUT2D eigenvalue weighted by atomic mass is 15.3. The number of nitrogens with zero attached hydrogens (tertiary/aromatic N) is 3. The predicted octanol–water partition coefficient (Wildman–Crippen LogP) is 3.51. The maximum atomic E-state index is 4.66. The minimum Gasteiger partial charge on any atom is -0.259 e. The van der Waals surface area contributed by atoms with Crippen molar-refractivity contribution in [3.05, 3.63) is 66.6 Å². The van der Waals surface area contributed by atoms with E-state index in [1.54, 1.807) is 6.20 Å². The molecule has 0 bridgehead atoms. The second kappa shape index (κ2) is 4.69. The van der Waals surface area contributed by atoms with Crippen LogP contribution in [0.1, 0.15) is 18.3 Å². The molecular formula is C16H15N3. The average molecular weight is 249 g/mol. The molecular weight excluding hydrogens is 234 g/mol. The molecule has 0 atom stereocenters. The predicted molar refractivity (Wildman–Crippen MR) is 77.8 cm³/mol. The van der Waals surface area contributed by atoms with Gasteiger partial charge in [-0.2, -0.15) is 5.10 Å². The van der Waals surface area contributed by atoms with Gasteiger partial charge in [0.05, 0.1) is 23.4 Å². The SMILES string of the molecule is C=C(C)c1nn(Cc2ccccn2)c2ccccc12. The molecule has 0 N–H and O–H groups in total. The number of rotatable bonds is 3. The Morgan fingerprint density at radius 1 is 1.16 bits per heavy atom. The van der Waals surface area contributed by atoms with Crippen molar-refractivity contribution in [3.63, 3.8) is 0 Å². The van der Waals surface area contributed by atoms with Gasteiger partial charge in [-0.3, -0.25) is 9.67 Å². The van der Waals surface area contributed by atoms with E-state index >= 15 is 0 Å². The normalized spacial score (nSPS) is 10.8. The lowest BCUT2D eigenvalue weighted by molar-refractivity contribution is 0.693. The van der Waals surface area contributed by atoms with Crippen LogP contribution >= 0.6 is 0 Å². The van der Waals surface area contributed by atoms with Gasteiger partial charge in [0.25, 0.3) is 0 Å². The van der Waals surface area contributed by atoms with Gasteiger partial charge in [-0.15, -0.1) is 0 Å². The number of benzene rings is 1. The summed E-state index contributed by atoms with van der Waals surface area (Å²) in [6.45, 7) is 6.67. The lowest BCUT2D eigenvalue weighted by atomic mass is 10.1. The van der Waals surface area contributed by atoms with Crippen LogP contribution in [-0.4, -0.2) is 14.8 Å². The van der Waals surface area contributed by atoms with Crippen LogP contribution in [0.2, 0.25) is 0 Å². The van der Waals surface area contributed by atoms with E-state index in [0.29, 0.717) is 6.54 Å². The summed E-state index contributed by atoms with van der Waals surface area (Å²) >= 11 is 0. The largest absolute Gasteiger partial charge is 0.259 e. The molecule has 0 fully saturated rings. The van der Waals surface area contributed by atoms with Gasteiger partial charge >= 0.3 is 0 Å². The summed E-state index contributed by atoms with van der Waals surface area (Å²) in [6.07, 6.45) is 1.81. The Balaban J connectivity index is 2.11. The molecule has 0 aliphatic carbocycles. The third-order valence-corrected chi connectivity index (χ3v) is 3.10. The highest BCUT2D eigenvalue weighted by Gasteiger charge is 2.10. The molecule has 0 aliphatic rings. The van der Waals surface area contributed by atoms with Crippen molar-refractivity contribution >= 4 is 16.5 Å². The van der Waals surface area contributed by atoms with Gasteiger partial charge in [0.15, 0.2) is 0 Å². The van der Waals surface area contributed by atoms with Crippen molar-refractivity contribution in [1.82, 2.24) is 14.8 Å². The van der Waals surface area contributed by atoms with Crippen LogP contribution in [0, 0.1) is 0 Å². The van der Waals surface area contributed by atoms with Gasteiger partial charge < -0.3 is 0 Å². The zero-order valence-electron chi connectivity index (χ0n) is 10.9. The fourth-order valence-electron chi connectivity index (χ4n) is 2.21. The maximum absolute atomic E-state index is 4.66. The highest BCUT2D eigenvalue weighted by molar-refractivity contribution is 5.89. The van der Waals surface area contributed by atoms with Gasteiger partial charge in [0.1, 0.15) is 0 Å². The zero-order valence-corrected chi connectivity index (χ0v) is 10.9. The molecule has 2 heterocycles. The number of fused-ring (bicyclic) bond motifs is 1. The van der Waals surface area contributed by atoms with Crippen LogP contribution in [0.25, 0.3) is 16.5 Å². The Hall–Kier alpha value is -2.42. The summed E-state index contributed by atoms with van der Waals surface area (Å²) in [4.78, 5) is 4.35. The number of allylic oxidation sites excluding steroid dienone is 1. The first-order chi connectivity index (χ1) is 9.25. The van der Waals surface area contributed by atoms with Crippen molar-refractivity contribution in [3.8, 4) is 0 Å². The van der Waals surface area contributed by atoms with Gasteiger partial charge in [0, 0.05) is 11.6 Å². The van der Waals surface area contributed by atoms with Crippen molar-refractivity contribution in [2.45, 2.75) is 13.5 Å². The molecule has 0 radical (unpaired) electrons. The molecule has 3 heteroatoms.